The molecule has 0 aliphatic carbocycles. The number of thiophene rings is 1. The lowest BCUT2D eigenvalue weighted by Gasteiger charge is -2.12. The lowest BCUT2D eigenvalue weighted by Crippen LogP contribution is -2.06. The van der Waals surface area contributed by atoms with Gasteiger partial charge in [-0.3, -0.25) is 0 Å². The van der Waals surface area contributed by atoms with Gasteiger partial charge in [0.1, 0.15) is 21.1 Å². The summed E-state index contributed by atoms with van der Waals surface area (Å²) in [5.74, 6) is 0.792. The number of ether oxygens (including phenoxy) is 1. The SMILES string of the molecule is COc1ccc(N=C(c2ccc(C)cc2)c2c(Nc3ccccc3)sc3nc4ccccc4nc23)cc1. The molecule has 0 unspecified atom stereocenters. The molecule has 6 aromatic rings. The number of fused-ring (bicyclic) bond motifs is 2. The number of hydrogen-bond acceptors (Lipinski definition) is 6. The third-order valence-corrected chi connectivity index (χ3v) is 7.10. The standard InChI is InChI=1S/C31H24N4OS/c1-20-12-14-21(15-13-20)28(32-23-16-18-24(36-2)19-17-23)27-29-31(35-26-11-7-6-10-25(26)34-29)37-30(27)33-22-8-4-3-5-9-22/h3-19,33H,1-2H3. The zero-order valence-corrected chi connectivity index (χ0v) is 21.3. The van der Waals surface area contributed by atoms with Crippen molar-refractivity contribution in [1.29, 1.82) is 0 Å². The van der Waals surface area contributed by atoms with Crippen LogP contribution < -0.4 is 10.1 Å². The lowest BCUT2D eigenvalue weighted by molar-refractivity contribution is 0.415. The van der Waals surface area contributed by atoms with Crippen LogP contribution in [0.2, 0.25) is 0 Å². The Morgan fingerprint density at radius 1 is 0.784 bits per heavy atom. The van der Waals surface area contributed by atoms with Crippen molar-refractivity contribution in [2.24, 2.45) is 4.99 Å². The molecule has 0 saturated heterocycles. The predicted molar refractivity (Wildman–Crippen MR) is 154 cm³/mol. The average molecular weight is 501 g/mol. The van der Waals surface area contributed by atoms with Crippen LogP contribution >= 0.6 is 11.3 Å². The second-order valence-electron chi connectivity index (χ2n) is 8.69. The summed E-state index contributed by atoms with van der Waals surface area (Å²) in [6.45, 7) is 2.09. The normalized spacial score (nSPS) is 11.7. The summed E-state index contributed by atoms with van der Waals surface area (Å²) in [7, 11) is 1.66. The summed E-state index contributed by atoms with van der Waals surface area (Å²) in [6, 6.07) is 34.4. The molecule has 1 N–H and O–H groups in total. The fourth-order valence-corrected chi connectivity index (χ4v) is 5.24. The van der Waals surface area contributed by atoms with Crippen LogP contribution in [0.15, 0.2) is 108 Å². The quantitative estimate of drug-likeness (QED) is 0.235. The summed E-state index contributed by atoms with van der Waals surface area (Å²) in [6.07, 6.45) is 0. The van der Waals surface area contributed by atoms with Gasteiger partial charge >= 0.3 is 0 Å². The average Bonchev–Trinajstić information content (AvgIpc) is 3.28. The van der Waals surface area contributed by atoms with Gasteiger partial charge in [-0.15, -0.1) is 0 Å². The fraction of sp³-hybridized carbons (Fsp3) is 0.0645. The summed E-state index contributed by atoms with van der Waals surface area (Å²) in [5.41, 5.74) is 8.34. The van der Waals surface area contributed by atoms with Crippen molar-refractivity contribution >= 4 is 54.8 Å². The molecular weight excluding hydrogens is 476 g/mol. The minimum absolute atomic E-state index is 0.792. The summed E-state index contributed by atoms with van der Waals surface area (Å²) in [5, 5.41) is 4.57. The Hall–Kier alpha value is -4.55. The van der Waals surface area contributed by atoms with Gasteiger partial charge in [0.2, 0.25) is 0 Å². The minimum Gasteiger partial charge on any atom is -0.497 e. The Bertz CT molecular complexity index is 1720. The number of rotatable bonds is 6. The first kappa shape index (κ1) is 22.9. The lowest BCUT2D eigenvalue weighted by atomic mass is 10.0. The van der Waals surface area contributed by atoms with Gasteiger partial charge in [-0.1, -0.05) is 71.5 Å². The molecule has 0 aliphatic rings. The third kappa shape index (κ3) is 4.67. The Morgan fingerprint density at radius 3 is 2.16 bits per heavy atom. The first-order valence-corrected chi connectivity index (χ1v) is 12.8. The van der Waals surface area contributed by atoms with Gasteiger partial charge in [-0.2, -0.15) is 0 Å². The number of anilines is 2. The smallest absolute Gasteiger partial charge is 0.145 e. The highest BCUT2D eigenvalue weighted by molar-refractivity contribution is 7.23. The maximum atomic E-state index is 5.35. The van der Waals surface area contributed by atoms with Crippen molar-refractivity contribution in [2.75, 3.05) is 12.4 Å². The molecule has 2 aromatic heterocycles. The molecule has 0 bridgehead atoms. The first-order chi connectivity index (χ1) is 18.2. The zero-order valence-electron chi connectivity index (χ0n) is 20.5. The van der Waals surface area contributed by atoms with Crippen LogP contribution in [0.5, 0.6) is 5.75 Å². The van der Waals surface area contributed by atoms with Crippen LogP contribution in [-0.4, -0.2) is 22.8 Å². The van der Waals surface area contributed by atoms with Crippen molar-refractivity contribution in [2.45, 2.75) is 6.92 Å². The second-order valence-corrected chi connectivity index (χ2v) is 9.69. The molecule has 0 spiro atoms. The molecule has 2 heterocycles. The number of aliphatic imine (C=N–C) groups is 1. The highest BCUT2D eigenvalue weighted by atomic mass is 32.1. The van der Waals surface area contributed by atoms with Gasteiger partial charge in [0.05, 0.1) is 35.1 Å². The van der Waals surface area contributed by atoms with E-state index in [-0.39, 0.29) is 0 Å². The number of aryl methyl sites for hydroxylation is 1. The number of para-hydroxylation sites is 3. The number of benzene rings is 4. The van der Waals surface area contributed by atoms with Gasteiger partial charge in [-0.05, 0) is 55.5 Å². The van der Waals surface area contributed by atoms with Crippen LogP contribution in [-0.2, 0) is 0 Å². The number of methoxy groups -OCH3 is 1. The highest BCUT2D eigenvalue weighted by Crippen LogP contribution is 2.39. The zero-order chi connectivity index (χ0) is 25.2. The fourth-order valence-electron chi connectivity index (χ4n) is 4.20. The van der Waals surface area contributed by atoms with Crippen LogP contribution in [0, 0.1) is 6.92 Å². The Labute approximate surface area is 219 Å². The van der Waals surface area contributed by atoms with E-state index in [1.165, 1.54) is 5.56 Å². The molecule has 6 heteroatoms. The van der Waals surface area contributed by atoms with Crippen molar-refractivity contribution < 1.29 is 4.74 Å². The van der Waals surface area contributed by atoms with E-state index in [2.05, 4.69) is 48.6 Å². The van der Waals surface area contributed by atoms with Crippen molar-refractivity contribution in [3.63, 3.8) is 0 Å². The van der Waals surface area contributed by atoms with Gasteiger partial charge in [0.15, 0.2) is 0 Å². The van der Waals surface area contributed by atoms with Crippen molar-refractivity contribution in [1.82, 2.24) is 9.97 Å². The maximum absolute atomic E-state index is 5.35. The van der Waals surface area contributed by atoms with Crippen LogP contribution in [0.3, 0.4) is 0 Å². The van der Waals surface area contributed by atoms with Gasteiger partial charge in [0.25, 0.3) is 0 Å². The molecule has 180 valence electrons. The Balaban J connectivity index is 1.63. The van der Waals surface area contributed by atoms with E-state index in [1.54, 1.807) is 18.4 Å². The van der Waals surface area contributed by atoms with Crippen molar-refractivity contribution in [3.8, 4) is 5.75 Å². The van der Waals surface area contributed by atoms with Gasteiger partial charge in [-0.25, -0.2) is 15.0 Å². The molecule has 0 atom stereocenters. The molecular formula is C31H24N4OS. The molecule has 0 saturated carbocycles. The monoisotopic (exact) mass is 500 g/mol. The van der Waals surface area contributed by atoms with E-state index in [0.29, 0.717) is 0 Å². The van der Waals surface area contributed by atoms with E-state index in [4.69, 9.17) is 19.7 Å². The number of nitrogens with zero attached hydrogens (tertiary/aromatic N) is 3. The predicted octanol–water partition coefficient (Wildman–Crippen LogP) is 8.07. The topological polar surface area (TPSA) is 59.4 Å². The molecule has 0 radical (unpaired) electrons. The minimum atomic E-state index is 0.792. The molecule has 0 fully saturated rings. The first-order valence-electron chi connectivity index (χ1n) is 12.0. The van der Waals surface area contributed by atoms with E-state index in [9.17, 15) is 0 Å². The summed E-state index contributed by atoms with van der Waals surface area (Å²) >= 11 is 1.59. The molecule has 5 nitrogen and oxygen atoms in total. The van der Waals surface area contributed by atoms with E-state index in [1.807, 2.05) is 66.7 Å². The molecule has 4 aromatic carbocycles. The van der Waals surface area contributed by atoms with Crippen molar-refractivity contribution in [3.05, 3.63) is 120 Å². The van der Waals surface area contributed by atoms with Crippen LogP contribution in [0.1, 0.15) is 16.7 Å². The molecule has 0 aliphatic heterocycles. The Morgan fingerprint density at radius 2 is 1.46 bits per heavy atom. The van der Waals surface area contributed by atoms with Gasteiger partial charge < -0.3 is 10.1 Å². The van der Waals surface area contributed by atoms with Crippen LogP contribution in [0.4, 0.5) is 16.4 Å². The third-order valence-electron chi connectivity index (χ3n) is 6.11. The van der Waals surface area contributed by atoms with E-state index < -0.39 is 0 Å². The Kier molecular flexibility index (Phi) is 6.08. The number of aromatic nitrogens is 2. The maximum Gasteiger partial charge on any atom is 0.145 e. The van der Waals surface area contributed by atoms with E-state index >= 15 is 0 Å². The number of hydrogen-bond donors (Lipinski definition) is 1. The van der Waals surface area contributed by atoms with E-state index in [0.717, 1.165) is 60.3 Å². The van der Waals surface area contributed by atoms with Crippen LogP contribution in [0.25, 0.3) is 21.4 Å². The largest absolute Gasteiger partial charge is 0.497 e. The molecule has 6 rings (SSSR count). The number of nitrogens with one attached hydrogen (secondary N) is 1. The second kappa shape index (κ2) is 9.84. The molecule has 0 amide bonds. The molecule has 37 heavy (non-hydrogen) atoms. The highest BCUT2D eigenvalue weighted by Gasteiger charge is 2.22. The van der Waals surface area contributed by atoms with Gasteiger partial charge in [0, 0.05) is 11.3 Å². The summed E-state index contributed by atoms with van der Waals surface area (Å²) < 4.78 is 5.35. The summed E-state index contributed by atoms with van der Waals surface area (Å²) in [4.78, 5) is 16.1.